The first kappa shape index (κ1) is 49.3. The first-order chi connectivity index (χ1) is 36.5. The van der Waals surface area contributed by atoms with E-state index in [1.165, 1.54) is 11.1 Å². The van der Waals surface area contributed by atoms with Crippen molar-refractivity contribution in [3.05, 3.63) is 192 Å². The van der Waals surface area contributed by atoms with Crippen LogP contribution in [0, 0.1) is 0 Å². The lowest BCUT2D eigenvalue weighted by Crippen LogP contribution is -2.10. The second-order valence-electron chi connectivity index (χ2n) is 18.9. The molecule has 0 unspecified atom stereocenters. The molecule has 0 aliphatic heterocycles. The molecule has 74 heavy (non-hydrogen) atoms. The Kier molecular flexibility index (Phi) is 15.7. The number of carbonyl (C=O) groups excluding carboxylic acids is 2. The van der Waals surface area contributed by atoms with Crippen LogP contribution in [-0.2, 0) is 35.4 Å². The van der Waals surface area contributed by atoms with E-state index in [2.05, 4.69) is 94.1 Å². The molecule has 0 spiro atoms. The molecule has 0 atom stereocenters. The zero-order valence-corrected chi connectivity index (χ0v) is 42.3. The van der Waals surface area contributed by atoms with Crippen molar-refractivity contribution < 1.29 is 28.5 Å². The van der Waals surface area contributed by atoms with Crippen LogP contribution in [0.25, 0.3) is 66.1 Å². The first-order valence-electron chi connectivity index (χ1n) is 26.0. The van der Waals surface area contributed by atoms with Crippen LogP contribution in [0.3, 0.4) is 0 Å². The Bertz CT molecular complexity index is 3280. The molecule has 4 aromatic heterocycles. The van der Waals surface area contributed by atoms with Gasteiger partial charge in [0.05, 0.1) is 49.9 Å². The summed E-state index contributed by atoms with van der Waals surface area (Å²) in [6.45, 7) is 2.20. The third-order valence-corrected chi connectivity index (χ3v) is 14.0. The van der Waals surface area contributed by atoms with Gasteiger partial charge in [0.2, 0.25) is 0 Å². The molecule has 10 nitrogen and oxygen atoms in total. The molecule has 0 fully saturated rings. The van der Waals surface area contributed by atoms with Gasteiger partial charge in [-0.1, -0.05) is 123 Å². The van der Waals surface area contributed by atoms with Crippen LogP contribution in [0.1, 0.15) is 83.5 Å². The van der Waals surface area contributed by atoms with Crippen molar-refractivity contribution in [3.63, 3.8) is 0 Å². The fraction of sp³-hybridized carbons (Fsp3) is 0.250. The molecule has 4 heterocycles. The fourth-order valence-electron chi connectivity index (χ4n) is 10.3. The van der Waals surface area contributed by atoms with E-state index in [9.17, 15) is 9.59 Å². The van der Waals surface area contributed by atoms with Gasteiger partial charge in [-0.05, 0) is 122 Å². The average molecular weight is 983 g/mol. The highest BCUT2D eigenvalue weighted by atomic mass is 16.5. The van der Waals surface area contributed by atoms with Crippen molar-refractivity contribution in [2.75, 3.05) is 27.4 Å². The predicted molar refractivity (Wildman–Crippen MR) is 296 cm³/mol. The van der Waals surface area contributed by atoms with Gasteiger partial charge < -0.3 is 28.1 Å². The van der Waals surface area contributed by atoms with E-state index >= 15 is 0 Å². The summed E-state index contributed by atoms with van der Waals surface area (Å²) >= 11 is 0. The van der Waals surface area contributed by atoms with Gasteiger partial charge in [-0.25, -0.2) is 19.6 Å². The number of rotatable bonds is 23. The molecule has 10 aromatic rings. The van der Waals surface area contributed by atoms with E-state index in [1.54, 1.807) is 14.2 Å². The van der Waals surface area contributed by atoms with Crippen LogP contribution in [0.4, 0.5) is 0 Å². The summed E-state index contributed by atoms with van der Waals surface area (Å²) in [5.41, 5.74) is 10.7. The lowest BCUT2D eigenvalue weighted by atomic mass is 10.1. The number of para-hydroxylation sites is 2. The largest absolute Gasteiger partial charge is 0.497 e. The third-order valence-electron chi connectivity index (χ3n) is 14.0. The summed E-state index contributed by atoms with van der Waals surface area (Å²) in [7, 11) is 3.31. The molecule has 10 heteroatoms. The number of aryl methyl sites for hydroxylation is 4. The molecule has 0 saturated carbocycles. The molecule has 374 valence electrons. The van der Waals surface area contributed by atoms with Crippen molar-refractivity contribution in [2.45, 2.75) is 77.3 Å². The number of hydrogen-bond acceptors (Lipinski definition) is 8. The van der Waals surface area contributed by atoms with Gasteiger partial charge in [0.15, 0.2) is 0 Å². The molecule has 0 saturated heterocycles. The molecule has 0 aliphatic rings. The Morgan fingerprint density at radius 1 is 0.419 bits per heavy atom. The minimum atomic E-state index is -0.432. The molecule has 0 radical (unpaired) electrons. The number of carbonyl (C=O) groups is 2. The molecular weight excluding hydrogens is 921 g/mol. The summed E-state index contributed by atoms with van der Waals surface area (Å²) in [6, 6.07) is 57.4. The van der Waals surface area contributed by atoms with Gasteiger partial charge in [0.25, 0.3) is 0 Å². The number of esters is 2. The smallest absolute Gasteiger partial charge is 0.356 e. The van der Waals surface area contributed by atoms with E-state index in [0.29, 0.717) is 24.6 Å². The molecular formula is C64H62N4O6. The zero-order chi connectivity index (χ0) is 50.6. The number of ether oxygens (including phenoxy) is 4. The van der Waals surface area contributed by atoms with Crippen LogP contribution in [0.15, 0.2) is 170 Å². The third kappa shape index (κ3) is 11.0. The number of pyridine rings is 2. The lowest BCUT2D eigenvalue weighted by Gasteiger charge is -2.13. The maximum absolute atomic E-state index is 13.8. The standard InChI is InChI=1S/C64H62N4O6/c1-71-49-35-31-47(32-36-49)59-61-53(51-27-13-15-29-57(51)67(61)39-19-25-45-21-9-7-10-22-45)43-55(65-59)63(69)73-41-17-5-3-4-6-18-42-74-64(70)56-44-54-52-28-14-16-30-58(52)68(40-20-26-46-23-11-8-12-24-46)62(54)60(66-56)48-33-37-50(72-2)38-34-48/h7-16,21-24,27-38,43-44H,3-6,17-20,25-26,39-42H2,1-2H3. The van der Waals surface area contributed by atoms with Crippen LogP contribution in [0.5, 0.6) is 11.5 Å². The van der Waals surface area contributed by atoms with Crippen LogP contribution < -0.4 is 9.47 Å². The summed E-state index contributed by atoms with van der Waals surface area (Å²) in [4.78, 5) is 37.6. The second-order valence-corrected chi connectivity index (χ2v) is 18.9. The molecule has 0 aliphatic carbocycles. The normalized spacial score (nSPS) is 11.4. The summed E-state index contributed by atoms with van der Waals surface area (Å²) < 4.78 is 27.4. The van der Waals surface area contributed by atoms with Crippen molar-refractivity contribution in [2.24, 2.45) is 0 Å². The van der Waals surface area contributed by atoms with Gasteiger partial charge in [0.1, 0.15) is 22.9 Å². The maximum Gasteiger partial charge on any atom is 0.356 e. The Labute approximate surface area is 432 Å². The number of nitrogens with zero attached hydrogens (tertiary/aromatic N) is 4. The van der Waals surface area contributed by atoms with Crippen LogP contribution >= 0.6 is 0 Å². The zero-order valence-electron chi connectivity index (χ0n) is 42.3. The molecule has 0 amide bonds. The van der Waals surface area contributed by atoms with Gasteiger partial charge in [0, 0.05) is 56.8 Å². The maximum atomic E-state index is 13.8. The first-order valence-corrected chi connectivity index (χ1v) is 26.0. The van der Waals surface area contributed by atoms with Gasteiger partial charge in [-0.15, -0.1) is 0 Å². The van der Waals surface area contributed by atoms with Crippen molar-refractivity contribution in [1.29, 1.82) is 0 Å². The number of fused-ring (bicyclic) bond motifs is 6. The van der Waals surface area contributed by atoms with Crippen molar-refractivity contribution >= 4 is 55.6 Å². The van der Waals surface area contributed by atoms with Crippen molar-refractivity contribution in [3.8, 4) is 34.0 Å². The fourth-order valence-corrected chi connectivity index (χ4v) is 10.3. The molecule has 10 rings (SSSR count). The van der Waals surface area contributed by atoms with Crippen LogP contribution in [-0.4, -0.2) is 58.5 Å². The number of benzene rings is 6. The SMILES string of the molecule is COc1ccc(-c2nc(C(=O)OCCCCCCCCOC(=O)c3cc4c5ccccc5n(CCCc5ccccc5)c4c(-c4ccc(OC)cc4)n3)cc3c4ccccc4n(CCCc4ccccc4)c23)cc1. The van der Waals surface area contributed by atoms with Gasteiger partial charge in [-0.2, -0.15) is 0 Å². The molecule has 6 aromatic carbocycles. The van der Waals surface area contributed by atoms with Gasteiger partial charge in [-0.3, -0.25) is 0 Å². The summed E-state index contributed by atoms with van der Waals surface area (Å²) in [5.74, 6) is 0.637. The van der Waals surface area contributed by atoms with E-state index in [1.807, 2.05) is 84.9 Å². The quantitative estimate of drug-likeness (QED) is 0.0461. The number of hydrogen-bond donors (Lipinski definition) is 0. The van der Waals surface area contributed by atoms with E-state index in [-0.39, 0.29) is 0 Å². The van der Waals surface area contributed by atoms with Gasteiger partial charge >= 0.3 is 11.9 Å². The Morgan fingerprint density at radius 3 is 1.20 bits per heavy atom. The Balaban J connectivity index is 0.750. The second kappa shape index (κ2) is 23.5. The molecule has 0 N–H and O–H groups in total. The highest BCUT2D eigenvalue weighted by molar-refractivity contribution is 6.15. The van der Waals surface area contributed by atoms with Crippen molar-refractivity contribution in [1.82, 2.24) is 19.1 Å². The minimum Gasteiger partial charge on any atom is -0.497 e. The topological polar surface area (TPSA) is 107 Å². The molecule has 0 bridgehead atoms. The Hall–Kier alpha value is -8.24. The van der Waals surface area contributed by atoms with Crippen LogP contribution in [0.2, 0.25) is 0 Å². The summed E-state index contributed by atoms with van der Waals surface area (Å²) in [6.07, 6.45) is 9.04. The van der Waals surface area contributed by atoms with E-state index in [0.717, 1.165) is 155 Å². The number of methoxy groups -OCH3 is 2. The Morgan fingerprint density at radius 2 is 0.797 bits per heavy atom. The van der Waals surface area contributed by atoms with E-state index < -0.39 is 11.9 Å². The number of aromatic nitrogens is 4. The highest BCUT2D eigenvalue weighted by Crippen LogP contribution is 2.38. The minimum absolute atomic E-state index is 0.290. The van der Waals surface area contributed by atoms with E-state index in [4.69, 9.17) is 28.9 Å². The lowest BCUT2D eigenvalue weighted by molar-refractivity contribution is 0.0478. The monoisotopic (exact) mass is 982 g/mol. The predicted octanol–water partition coefficient (Wildman–Crippen LogP) is 14.7. The summed E-state index contributed by atoms with van der Waals surface area (Å²) in [5, 5.41) is 4.10. The average Bonchev–Trinajstić information content (AvgIpc) is 3.95. The number of unbranched alkanes of at least 4 members (excludes halogenated alkanes) is 5. The highest BCUT2D eigenvalue weighted by Gasteiger charge is 2.23.